The Morgan fingerprint density at radius 3 is 2.40 bits per heavy atom. The first kappa shape index (κ1) is 34.1. The Morgan fingerprint density at radius 1 is 1.04 bits per heavy atom. The van der Waals surface area contributed by atoms with Crippen LogP contribution in [0, 0.1) is 17.6 Å². The monoisotopic (exact) mass is 708 g/mol. The summed E-state index contributed by atoms with van der Waals surface area (Å²) in [5.41, 5.74) is -0.439. The van der Waals surface area contributed by atoms with Crippen LogP contribution in [0.15, 0.2) is 78.2 Å². The molecule has 4 aromatic rings. The van der Waals surface area contributed by atoms with E-state index >= 15 is 8.78 Å². The number of nitrogens with one attached hydrogen (secondary N) is 3. The number of halogens is 2. The summed E-state index contributed by atoms with van der Waals surface area (Å²) in [6, 6.07) is 9.88. The highest BCUT2D eigenvalue weighted by Crippen LogP contribution is 2.31. The number of rotatable bonds is 10. The standard InChI is InChI=1S/C32H30F2N8O7S/c1-40-28-15-35-11-10-22(28)30(44)42(32(40)47)20-4-2-18(3-5-20)12-27(31(45)46)38-29(43)23-13-25(34)26(14-24(23)33)39-50(48,49)21-8-6-19(7-9-21)41-17-36-16-37-41/h2-9,13-14,16-17,22,27-28,35,39H,10-12,15H2,1H3,(H,38,43)(H,45,46)/t22?,27-,28?/m0/s1. The number of piperidine rings is 1. The minimum absolute atomic E-state index is 0.256. The quantitative estimate of drug-likeness (QED) is 0.190. The average molecular weight is 709 g/mol. The van der Waals surface area contributed by atoms with Gasteiger partial charge in [-0.3, -0.25) is 14.3 Å². The van der Waals surface area contributed by atoms with Crippen LogP contribution < -0.4 is 20.3 Å². The number of benzene rings is 3. The molecule has 18 heteroatoms. The highest BCUT2D eigenvalue weighted by atomic mass is 32.2. The summed E-state index contributed by atoms with van der Waals surface area (Å²) < 4.78 is 59.2. The van der Waals surface area contributed by atoms with E-state index in [1.807, 2.05) is 4.72 Å². The fourth-order valence-corrected chi connectivity index (χ4v) is 6.97. The van der Waals surface area contributed by atoms with Gasteiger partial charge in [-0.15, -0.1) is 0 Å². The van der Waals surface area contributed by atoms with E-state index in [2.05, 4.69) is 20.7 Å². The molecule has 260 valence electrons. The van der Waals surface area contributed by atoms with E-state index in [-0.39, 0.29) is 29.2 Å². The lowest BCUT2D eigenvalue weighted by molar-refractivity contribution is -0.139. The Hall–Kier alpha value is -5.75. The second-order valence-corrected chi connectivity index (χ2v) is 13.4. The third-order valence-electron chi connectivity index (χ3n) is 8.59. The molecule has 3 aromatic carbocycles. The highest BCUT2D eigenvalue weighted by Gasteiger charge is 2.46. The Kier molecular flexibility index (Phi) is 9.31. The predicted molar refractivity (Wildman–Crippen MR) is 173 cm³/mol. The van der Waals surface area contributed by atoms with Gasteiger partial charge in [0.2, 0.25) is 5.91 Å². The minimum atomic E-state index is -4.39. The molecule has 15 nitrogen and oxygen atoms in total. The van der Waals surface area contributed by atoms with Crippen molar-refractivity contribution in [2.75, 3.05) is 29.8 Å². The van der Waals surface area contributed by atoms with Gasteiger partial charge >= 0.3 is 12.0 Å². The van der Waals surface area contributed by atoms with Crippen molar-refractivity contribution in [2.24, 2.45) is 5.92 Å². The number of likely N-dealkylation sites (N-methyl/N-ethyl adjacent to an activating group) is 1. The zero-order valence-corrected chi connectivity index (χ0v) is 27.1. The number of nitrogens with zero attached hydrogens (tertiary/aromatic N) is 5. The molecule has 2 aliphatic rings. The third kappa shape index (κ3) is 6.74. The fraction of sp³-hybridized carbons (Fsp3) is 0.250. The molecule has 2 unspecified atom stereocenters. The van der Waals surface area contributed by atoms with Gasteiger partial charge < -0.3 is 20.6 Å². The van der Waals surface area contributed by atoms with Crippen LogP contribution in [0.4, 0.5) is 25.0 Å². The van der Waals surface area contributed by atoms with E-state index < -0.39 is 56.9 Å². The summed E-state index contributed by atoms with van der Waals surface area (Å²) in [4.78, 5) is 57.4. The summed E-state index contributed by atoms with van der Waals surface area (Å²) in [6.07, 6.45) is 2.98. The summed E-state index contributed by atoms with van der Waals surface area (Å²) in [5, 5.41) is 19.1. The number of carboxylic acids is 1. The zero-order chi connectivity index (χ0) is 35.7. The van der Waals surface area contributed by atoms with Crippen LogP contribution in [0.5, 0.6) is 0 Å². The molecular formula is C32H30F2N8O7S. The molecule has 50 heavy (non-hydrogen) atoms. The Labute approximate surface area is 283 Å². The molecule has 6 rings (SSSR count). The minimum Gasteiger partial charge on any atom is -0.480 e. The van der Waals surface area contributed by atoms with Gasteiger partial charge in [0, 0.05) is 26.1 Å². The molecule has 3 heterocycles. The molecule has 0 saturated carbocycles. The van der Waals surface area contributed by atoms with Crippen LogP contribution in [0.25, 0.3) is 5.69 Å². The predicted octanol–water partition coefficient (Wildman–Crippen LogP) is 2.15. The highest BCUT2D eigenvalue weighted by molar-refractivity contribution is 7.92. The number of urea groups is 1. The van der Waals surface area contributed by atoms with Crippen LogP contribution >= 0.6 is 0 Å². The maximum atomic E-state index is 15.1. The van der Waals surface area contributed by atoms with E-state index in [9.17, 15) is 32.7 Å². The van der Waals surface area contributed by atoms with Crippen molar-refractivity contribution < 1.29 is 41.5 Å². The van der Waals surface area contributed by atoms with E-state index in [1.165, 1.54) is 70.8 Å². The van der Waals surface area contributed by atoms with Crippen LogP contribution in [-0.2, 0) is 26.0 Å². The Bertz CT molecular complexity index is 2060. The van der Waals surface area contributed by atoms with Crippen LogP contribution in [0.1, 0.15) is 22.3 Å². The van der Waals surface area contributed by atoms with E-state index in [1.54, 1.807) is 7.05 Å². The molecule has 1 aromatic heterocycles. The second-order valence-electron chi connectivity index (χ2n) is 11.7. The summed E-state index contributed by atoms with van der Waals surface area (Å²) >= 11 is 0. The van der Waals surface area contributed by atoms with Crippen molar-refractivity contribution in [1.29, 1.82) is 0 Å². The number of carbonyl (C=O) groups is 4. The van der Waals surface area contributed by atoms with Crippen molar-refractivity contribution in [3.63, 3.8) is 0 Å². The van der Waals surface area contributed by atoms with Crippen molar-refractivity contribution in [3.8, 4) is 5.69 Å². The molecular weight excluding hydrogens is 678 g/mol. The SMILES string of the molecule is CN1C(=O)N(c2ccc(C[C@H](NC(=O)c3cc(F)c(NS(=O)(=O)c4ccc(-n5cncn5)cc4)cc3F)C(=O)O)cc2)C(=O)C2CCNCC21. The lowest BCUT2D eigenvalue weighted by Gasteiger charge is -2.45. The summed E-state index contributed by atoms with van der Waals surface area (Å²) in [7, 11) is -2.76. The maximum Gasteiger partial charge on any atom is 0.331 e. The van der Waals surface area contributed by atoms with Crippen LogP contribution in [-0.4, -0.2) is 89.2 Å². The number of aliphatic carboxylic acids is 1. The van der Waals surface area contributed by atoms with Gasteiger partial charge in [-0.1, -0.05) is 12.1 Å². The maximum absolute atomic E-state index is 15.1. The number of fused-ring (bicyclic) bond motifs is 1. The number of amides is 4. The van der Waals surface area contributed by atoms with Gasteiger partial charge in [-0.05, 0) is 61.0 Å². The van der Waals surface area contributed by atoms with Crippen molar-refractivity contribution in [3.05, 3.63) is 96.1 Å². The first-order valence-corrected chi connectivity index (χ1v) is 16.7. The number of hydrogen-bond donors (Lipinski definition) is 4. The molecule has 0 spiro atoms. The van der Waals surface area contributed by atoms with Gasteiger partial charge in [-0.2, -0.15) is 5.10 Å². The third-order valence-corrected chi connectivity index (χ3v) is 9.97. The van der Waals surface area contributed by atoms with E-state index in [4.69, 9.17) is 0 Å². The lowest BCUT2D eigenvalue weighted by Crippen LogP contribution is -2.65. The number of sulfonamides is 1. The Balaban J connectivity index is 1.12. The molecule has 2 saturated heterocycles. The lowest BCUT2D eigenvalue weighted by atomic mass is 9.88. The topological polar surface area (TPSA) is 196 Å². The van der Waals surface area contributed by atoms with Gasteiger partial charge in [0.05, 0.1) is 39.5 Å². The number of carboxylic acid groups (broad SMARTS) is 1. The van der Waals surface area contributed by atoms with E-state index in [0.29, 0.717) is 48.6 Å². The van der Waals surface area contributed by atoms with Gasteiger partial charge in [0.15, 0.2) is 0 Å². The molecule has 2 aliphatic heterocycles. The Morgan fingerprint density at radius 2 is 1.74 bits per heavy atom. The van der Waals surface area contributed by atoms with Gasteiger partial charge in [-0.25, -0.2) is 41.4 Å². The van der Waals surface area contributed by atoms with Crippen molar-refractivity contribution in [1.82, 2.24) is 30.3 Å². The number of aromatic nitrogens is 3. The second kappa shape index (κ2) is 13.6. The molecule has 0 bridgehead atoms. The van der Waals surface area contributed by atoms with Gasteiger partial charge in [0.25, 0.3) is 15.9 Å². The first-order chi connectivity index (χ1) is 23.8. The van der Waals surface area contributed by atoms with E-state index in [0.717, 1.165) is 4.90 Å². The molecule has 0 radical (unpaired) electrons. The number of carbonyl (C=O) groups excluding carboxylic acids is 3. The molecule has 0 aliphatic carbocycles. The summed E-state index contributed by atoms with van der Waals surface area (Å²) in [5.74, 6) is -6.02. The smallest absolute Gasteiger partial charge is 0.331 e. The number of anilines is 2. The normalized spacial score (nSPS) is 18.4. The van der Waals surface area contributed by atoms with Crippen LogP contribution in [0.3, 0.4) is 0 Å². The largest absolute Gasteiger partial charge is 0.480 e. The molecule has 4 amide bonds. The molecule has 4 N–H and O–H groups in total. The first-order valence-electron chi connectivity index (χ1n) is 15.2. The molecule has 2 fully saturated rings. The van der Waals surface area contributed by atoms with Gasteiger partial charge in [0.1, 0.15) is 30.3 Å². The van der Waals surface area contributed by atoms with Crippen molar-refractivity contribution >= 4 is 45.2 Å². The summed E-state index contributed by atoms with van der Waals surface area (Å²) in [6.45, 7) is 1.15. The number of imide groups is 1. The van der Waals surface area contributed by atoms with Crippen molar-refractivity contribution in [2.45, 2.75) is 29.8 Å². The fourth-order valence-electron chi connectivity index (χ4n) is 5.91. The molecule has 3 atom stereocenters. The zero-order valence-electron chi connectivity index (χ0n) is 26.3. The number of hydrogen-bond acceptors (Lipinski definition) is 9. The average Bonchev–Trinajstić information content (AvgIpc) is 3.64. The van der Waals surface area contributed by atoms with Crippen LogP contribution in [0.2, 0.25) is 0 Å².